The average Bonchev–Trinajstić information content (AvgIpc) is 3.02. The van der Waals surface area contributed by atoms with Crippen molar-refractivity contribution in [2.24, 2.45) is 4.99 Å². The van der Waals surface area contributed by atoms with Crippen LogP contribution in [0, 0.1) is 3.57 Å². The Hall–Kier alpha value is -2.53. The number of thioether (sulfide) groups is 1. The molecule has 9 heteroatoms. The minimum absolute atomic E-state index is 0.0956. The summed E-state index contributed by atoms with van der Waals surface area (Å²) >= 11 is 3.39. The summed E-state index contributed by atoms with van der Waals surface area (Å²) in [5, 5.41) is 9.51. The molecule has 1 heterocycles. The highest BCUT2D eigenvalue weighted by atomic mass is 127. The van der Waals surface area contributed by atoms with Crippen LogP contribution >= 0.6 is 34.4 Å². The molecule has 31 heavy (non-hydrogen) atoms. The molecule has 0 bridgehead atoms. The van der Waals surface area contributed by atoms with Gasteiger partial charge < -0.3 is 14.6 Å². The van der Waals surface area contributed by atoms with Gasteiger partial charge in [-0.05, 0) is 76.7 Å². The van der Waals surface area contributed by atoms with Crippen LogP contribution in [0.2, 0.25) is 0 Å². The standard InChI is InChI=1S/C22H21IN2O5S/c1-3-9-25-21(28)18(31-22(25)24-15-7-5-4-6-8-15)12-14-10-16(23)20(17(11-14)29-2)30-13-19(26)27/h4-8,10-12H,3,9,13H2,1-2H3,(H,26,27). The Balaban J connectivity index is 1.93. The highest BCUT2D eigenvalue weighted by Gasteiger charge is 2.32. The number of rotatable bonds is 8. The minimum Gasteiger partial charge on any atom is -0.493 e. The lowest BCUT2D eigenvalue weighted by atomic mass is 10.2. The van der Waals surface area contributed by atoms with Gasteiger partial charge in [-0.2, -0.15) is 0 Å². The lowest BCUT2D eigenvalue weighted by Gasteiger charge is -2.14. The van der Waals surface area contributed by atoms with Gasteiger partial charge >= 0.3 is 5.97 Å². The van der Waals surface area contributed by atoms with Gasteiger partial charge in [-0.3, -0.25) is 9.69 Å². The number of amides is 1. The van der Waals surface area contributed by atoms with Crippen LogP contribution in [-0.4, -0.2) is 47.3 Å². The number of nitrogens with zero attached hydrogens (tertiary/aromatic N) is 2. The Labute approximate surface area is 198 Å². The quantitative estimate of drug-likeness (QED) is 0.375. The van der Waals surface area contributed by atoms with E-state index in [2.05, 4.69) is 27.6 Å². The fourth-order valence-corrected chi connectivity index (χ4v) is 4.68. The highest BCUT2D eigenvalue weighted by Crippen LogP contribution is 2.38. The molecule has 7 nitrogen and oxygen atoms in total. The summed E-state index contributed by atoms with van der Waals surface area (Å²) in [7, 11) is 1.49. The lowest BCUT2D eigenvalue weighted by molar-refractivity contribution is -0.139. The zero-order valence-electron chi connectivity index (χ0n) is 17.0. The van der Waals surface area contributed by atoms with Gasteiger partial charge in [0.1, 0.15) is 0 Å². The second-order valence-corrected chi connectivity index (χ2v) is 8.69. The number of carboxylic acids is 1. The van der Waals surface area contributed by atoms with Gasteiger partial charge in [0, 0.05) is 6.54 Å². The average molecular weight is 552 g/mol. The van der Waals surface area contributed by atoms with E-state index in [9.17, 15) is 9.59 Å². The molecule has 1 fully saturated rings. The third-order valence-electron chi connectivity index (χ3n) is 4.21. The summed E-state index contributed by atoms with van der Waals surface area (Å²) in [6.45, 7) is 2.13. The van der Waals surface area contributed by atoms with Crippen molar-refractivity contribution in [1.82, 2.24) is 4.90 Å². The zero-order valence-corrected chi connectivity index (χ0v) is 20.0. The third-order valence-corrected chi connectivity index (χ3v) is 6.01. The fraction of sp³-hybridized carbons (Fsp3) is 0.227. The molecule has 3 rings (SSSR count). The molecule has 1 aliphatic heterocycles. The summed E-state index contributed by atoms with van der Waals surface area (Å²) in [5.41, 5.74) is 1.54. The highest BCUT2D eigenvalue weighted by molar-refractivity contribution is 14.1. The van der Waals surface area contributed by atoms with Crippen LogP contribution in [0.5, 0.6) is 11.5 Å². The monoisotopic (exact) mass is 552 g/mol. The number of carboxylic acid groups (broad SMARTS) is 1. The van der Waals surface area contributed by atoms with E-state index in [1.54, 1.807) is 17.0 Å². The summed E-state index contributed by atoms with van der Waals surface area (Å²) < 4.78 is 11.4. The van der Waals surface area contributed by atoms with Crippen molar-refractivity contribution in [2.75, 3.05) is 20.3 Å². The topological polar surface area (TPSA) is 88.4 Å². The smallest absolute Gasteiger partial charge is 0.341 e. The van der Waals surface area contributed by atoms with Gasteiger partial charge in [0.05, 0.1) is 21.3 Å². The summed E-state index contributed by atoms with van der Waals surface area (Å²) in [4.78, 5) is 30.7. The number of carbonyl (C=O) groups is 2. The van der Waals surface area contributed by atoms with Gasteiger partial charge in [-0.25, -0.2) is 9.79 Å². The first kappa shape index (κ1) is 23.1. The van der Waals surface area contributed by atoms with Crippen LogP contribution in [0.15, 0.2) is 52.4 Å². The molecular formula is C22H21IN2O5S. The lowest BCUT2D eigenvalue weighted by Crippen LogP contribution is -2.29. The summed E-state index contributed by atoms with van der Waals surface area (Å²) in [6, 6.07) is 13.1. The number of benzene rings is 2. The van der Waals surface area contributed by atoms with Crippen LogP contribution in [0.1, 0.15) is 18.9 Å². The molecule has 0 spiro atoms. The molecule has 162 valence electrons. The van der Waals surface area contributed by atoms with Gasteiger partial charge in [0.2, 0.25) is 0 Å². The number of hydrogen-bond donors (Lipinski definition) is 1. The number of hydrogen-bond acceptors (Lipinski definition) is 6. The van der Waals surface area contributed by atoms with Gasteiger partial charge in [-0.1, -0.05) is 25.1 Å². The predicted octanol–water partition coefficient (Wildman–Crippen LogP) is 4.78. The van der Waals surface area contributed by atoms with Gasteiger partial charge in [0.25, 0.3) is 5.91 Å². The van der Waals surface area contributed by atoms with Crippen molar-refractivity contribution >= 4 is 63.2 Å². The molecular weight excluding hydrogens is 531 g/mol. The first-order valence-electron chi connectivity index (χ1n) is 9.50. The van der Waals surface area contributed by atoms with E-state index in [1.165, 1.54) is 18.9 Å². The zero-order chi connectivity index (χ0) is 22.4. The normalized spacial score (nSPS) is 16.2. The number of ether oxygens (including phenoxy) is 2. The maximum Gasteiger partial charge on any atom is 0.341 e. The second-order valence-electron chi connectivity index (χ2n) is 6.51. The third kappa shape index (κ3) is 5.79. The van der Waals surface area contributed by atoms with Crippen molar-refractivity contribution in [3.05, 3.63) is 56.5 Å². The van der Waals surface area contributed by atoms with E-state index >= 15 is 0 Å². The van der Waals surface area contributed by atoms with E-state index < -0.39 is 12.6 Å². The number of aliphatic imine (C=N–C) groups is 1. The summed E-state index contributed by atoms with van der Waals surface area (Å²) in [5.74, 6) is -0.406. The minimum atomic E-state index is -1.07. The first-order valence-corrected chi connectivity index (χ1v) is 11.4. The van der Waals surface area contributed by atoms with E-state index in [0.29, 0.717) is 31.7 Å². The number of carbonyl (C=O) groups excluding carboxylic acids is 1. The maximum atomic E-state index is 13.0. The molecule has 0 saturated carbocycles. The fourth-order valence-electron chi connectivity index (χ4n) is 2.87. The van der Waals surface area contributed by atoms with E-state index in [4.69, 9.17) is 14.6 Å². The molecule has 0 radical (unpaired) electrons. The van der Waals surface area contributed by atoms with Crippen LogP contribution in [0.4, 0.5) is 5.69 Å². The number of amidine groups is 1. The molecule has 0 atom stereocenters. The Morgan fingerprint density at radius 2 is 2.03 bits per heavy atom. The molecule has 2 aromatic rings. The number of halogens is 1. The Kier molecular flexibility index (Phi) is 7.97. The van der Waals surface area contributed by atoms with Crippen molar-refractivity contribution in [1.29, 1.82) is 0 Å². The maximum absolute atomic E-state index is 13.0. The Bertz CT molecular complexity index is 1040. The predicted molar refractivity (Wildman–Crippen MR) is 130 cm³/mol. The molecule has 1 aliphatic rings. The van der Waals surface area contributed by atoms with Crippen molar-refractivity contribution in [3.63, 3.8) is 0 Å². The first-order chi connectivity index (χ1) is 14.9. The second kappa shape index (κ2) is 10.7. The van der Waals surface area contributed by atoms with E-state index in [0.717, 1.165) is 17.7 Å². The molecule has 1 saturated heterocycles. The van der Waals surface area contributed by atoms with Crippen LogP contribution in [0.25, 0.3) is 6.08 Å². The number of methoxy groups -OCH3 is 1. The number of para-hydroxylation sites is 1. The molecule has 1 amide bonds. The molecule has 0 aromatic heterocycles. The van der Waals surface area contributed by atoms with Gasteiger partial charge in [0.15, 0.2) is 23.3 Å². The van der Waals surface area contributed by atoms with Crippen LogP contribution in [-0.2, 0) is 9.59 Å². The van der Waals surface area contributed by atoms with Crippen molar-refractivity contribution < 1.29 is 24.2 Å². The van der Waals surface area contributed by atoms with E-state index in [-0.39, 0.29) is 5.91 Å². The summed E-state index contributed by atoms with van der Waals surface area (Å²) in [6.07, 6.45) is 2.60. The van der Waals surface area contributed by atoms with Crippen LogP contribution < -0.4 is 9.47 Å². The Morgan fingerprint density at radius 3 is 2.68 bits per heavy atom. The molecule has 0 aliphatic carbocycles. The molecule has 0 unspecified atom stereocenters. The largest absolute Gasteiger partial charge is 0.493 e. The van der Waals surface area contributed by atoms with Crippen LogP contribution in [0.3, 0.4) is 0 Å². The van der Waals surface area contributed by atoms with Crippen molar-refractivity contribution in [2.45, 2.75) is 13.3 Å². The van der Waals surface area contributed by atoms with E-state index in [1.807, 2.05) is 43.3 Å². The SMILES string of the molecule is CCCN1C(=O)C(=Cc2cc(I)c(OCC(=O)O)c(OC)c2)SC1=Nc1ccccc1. The number of aliphatic carboxylic acids is 1. The molecule has 1 N–H and O–H groups in total. The Morgan fingerprint density at radius 1 is 1.29 bits per heavy atom. The van der Waals surface area contributed by atoms with Gasteiger partial charge in [-0.15, -0.1) is 0 Å². The van der Waals surface area contributed by atoms with Crippen molar-refractivity contribution in [3.8, 4) is 11.5 Å². The molecule has 2 aromatic carbocycles.